The molecule has 1 amide bonds. The Morgan fingerprint density at radius 1 is 1.17 bits per heavy atom. The van der Waals surface area contributed by atoms with E-state index in [1.807, 2.05) is 50.2 Å². The van der Waals surface area contributed by atoms with Gasteiger partial charge in [-0.05, 0) is 43.7 Å². The Kier molecular flexibility index (Phi) is 5.51. The Morgan fingerprint density at radius 3 is 2.83 bits per heavy atom. The van der Waals surface area contributed by atoms with Crippen LogP contribution in [0.2, 0.25) is 5.02 Å². The van der Waals surface area contributed by atoms with Gasteiger partial charge in [-0.1, -0.05) is 47.1 Å². The highest BCUT2D eigenvalue weighted by Gasteiger charge is 2.13. The number of nitrogens with one attached hydrogen (secondary N) is 1. The van der Waals surface area contributed by atoms with E-state index in [1.54, 1.807) is 16.9 Å². The monoisotopic (exact) mass is 423 g/mol. The molecule has 6 nitrogen and oxygen atoms in total. The summed E-state index contributed by atoms with van der Waals surface area (Å²) in [7, 11) is 0. The van der Waals surface area contributed by atoms with E-state index in [0.29, 0.717) is 15.7 Å². The maximum absolute atomic E-state index is 12.4. The van der Waals surface area contributed by atoms with Crippen LogP contribution in [0.4, 0.5) is 5.69 Å². The third-order valence-corrected chi connectivity index (χ3v) is 5.62. The Labute approximate surface area is 177 Å². The van der Waals surface area contributed by atoms with Crippen molar-refractivity contribution < 1.29 is 4.79 Å². The molecule has 0 radical (unpaired) electrons. The minimum Gasteiger partial charge on any atom is -0.325 e. The minimum absolute atomic E-state index is 0.0871. The molecule has 29 heavy (non-hydrogen) atoms. The predicted molar refractivity (Wildman–Crippen MR) is 117 cm³/mol. The second kappa shape index (κ2) is 8.23. The second-order valence-corrected chi connectivity index (χ2v) is 8.01. The number of amides is 1. The lowest BCUT2D eigenvalue weighted by Crippen LogP contribution is -2.15. The summed E-state index contributed by atoms with van der Waals surface area (Å²) < 4.78 is 1.71. The van der Waals surface area contributed by atoms with E-state index >= 15 is 0 Å². The van der Waals surface area contributed by atoms with Crippen LogP contribution in [0.25, 0.3) is 16.7 Å². The molecule has 146 valence electrons. The fraction of sp³-hybridized carbons (Fsp3) is 0.143. The number of fused-ring (bicyclic) bond motifs is 1. The molecule has 0 aliphatic heterocycles. The van der Waals surface area contributed by atoms with Gasteiger partial charge in [0, 0.05) is 10.7 Å². The Bertz CT molecular complexity index is 1210. The molecule has 0 aliphatic carbocycles. The second-order valence-electron chi connectivity index (χ2n) is 6.61. The Balaban J connectivity index is 1.52. The number of hydrogen-bond donors (Lipinski definition) is 1. The lowest BCUT2D eigenvalue weighted by molar-refractivity contribution is -0.113. The molecule has 2 aromatic carbocycles. The first-order valence-electron chi connectivity index (χ1n) is 8.96. The summed E-state index contributed by atoms with van der Waals surface area (Å²) in [6.07, 6.45) is 3.19. The van der Waals surface area contributed by atoms with Crippen molar-refractivity contribution in [2.45, 2.75) is 18.9 Å². The highest BCUT2D eigenvalue weighted by atomic mass is 35.5. The maximum Gasteiger partial charge on any atom is 0.234 e. The lowest BCUT2D eigenvalue weighted by Gasteiger charge is -2.09. The molecule has 4 rings (SSSR count). The molecule has 0 aliphatic rings. The van der Waals surface area contributed by atoms with Crippen molar-refractivity contribution in [3.05, 3.63) is 71.1 Å². The molecular formula is C21H18ClN5OS. The van der Waals surface area contributed by atoms with E-state index < -0.39 is 0 Å². The number of aromatic nitrogens is 4. The van der Waals surface area contributed by atoms with E-state index in [1.165, 1.54) is 18.1 Å². The van der Waals surface area contributed by atoms with Gasteiger partial charge in [0.2, 0.25) is 5.91 Å². The molecular weight excluding hydrogens is 406 g/mol. The van der Waals surface area contributed by atoms with E-state index in [2.05, 4.69) is 20.4 Å². The fourth-order valence-corrected chi connectivity index (χ4v) is 3.95. The van der Waals surface area contributed by atoms with Gasteiger partial charge in [-0.3, -0.25) is 4.79 Å². The zero-order valence-corrected chi connectivity index (χ0v) is 17.5. The van der Waals surface area contributed by atoms with Gasteiger partial charge in [0.1, 0.15) is 11.4 Å². The van der Waals surface area contributed by atoms with Crippen molar-refractivity contribution in [3.8, 4) is 5.69 Å². The molecule has 0 saturated carbocycles. The van der Waals surface area contributed by atoms with Gasteiger partial charge in [0.25, 0.3) is 0 Å². The van der Waals surface area contributed by atoms with Gasteiger partial charge < -0.3 is 5.32 Å². The van der Waals surface area contributed by atoms with Crippen molar-refractivity contribution in [2.75, 3.05) is 11.1 Å². The molecule has 2 aromatic heterocycles. The number of halogens is 1. The van der Waals surface area contributed by atoms with Crippen LogP contribution >= 0.6 is 23.4 Å². The topological polar surface area (TPSA) is 72.7 Å². The lowest BCUT2D eigenvalue weighted by atomic mass is 10.1. The van der Waals surface area contributed by atoms with E-state index in [-0.39, 0.29) is 11.7 Å². The van der Waals surface area contributed by atoms with E-state index in [4.69, 9.17) is 11.6 Å². The largest absolute Gasteiger partial charge is 0.325 e. The van der Waals surface area contributed by atoms with Crippen LogP contribution in [0, 0.1) is 13.8 Å². The number of anilines is 1. The summed E-state index contributed by atoms with van der Waals surface area (Å²) in [6.45, 7) is 4.01. The molecule has 2 heterocycles. The first kappa shape index (κ1) is 19.4. The smallest absolute Gasteiger partial charge is 0.234 e. The van der Waals surface area contributed by atoms with Crippen molar-refractivity contribution in [2.24, 2.45) is 0 Å². The van der Waals surface area contributed by atoms with Crippen LogP contribution in [-0.2, 0) is 4.79 Å². The number of benzene rings is 2. The zero-order valence-electron chi connectivity index (χ0n) is 15.9. The fourth-order valence-electron chi connectivity index (χ4n) is 3.01. The number of hydrogen-bond acceptors (Lipinski definition) is 5. The number of thioether (sulfide) groups is 1. The van der Waals surface area contributed by atoms with Crippen LogP contribution in [0.5, 0.6) is 0 Å². The van der Waals surface area contributed by atoms with Gasteiger partial charge in [-0.25, -0.2) is 14.6 Å². The number of aryl methyl sites for hydroxylation is 2. The molecule has 0 spiro atoms. The summed E-state index contributed by atoms with van der Waals surface area (Å²) in [6, 6.07) is 13.3. The summed E-state index contributed by atoms with van der Waals surface area (Å²) in [5.74, 6) is 0.151. The highest BCUT2D eigenvalue weighted by Crippen LogP contribution is 2.27. The van der Waals surface area contributed by atoms with Crippen molar-refractivity contribution in [1.29, 1.82) is 0 Å². The first-order chi connectivity index (χ1) is 14.0. The Hall–Kier alpha value is -2.90. The minimum atomic E-state index is -0.0871. The summed E-state index contributed by atoms with van der Waals surface area (Å²) in [5, 5.41) is 9.50. The summed E-state index contributed by atoms with van der Waals surface area (Å²) in [4.78, 5) is 21.1. The first-order valence-corrected chi connectivity index (χ1v) is 10.3. The van der Waals surface area contributed by atoms with Gasteiger partial charge >= 0.3 is 0 Å². The highest BCUT2D eigenvalue weighted by molar-refractivity contribution is 8.00. The number of rotatable bonds is 5. The maximum atomic E-state index is 12.4. The van der Waals surface area contributed by atoms with Crippen LogP contribution in [0.1, 0.15) is 11.1 Å². The van der Waals surface area contributed by atoms with Crippen molar-refractivity contribution >= 4 is 46.0 Å². The number of carbonyl (C=O) groups excluding carboxylic acids is 1. The zero-order chi connectivity index (χ0) is 20.4. The van der Waals surface area contributed by atoms with Crippen LogP contribution < -0.4 is 5.32 Å². The van der Waals surface area contributed by atoms with E-state index in [0.717, 1.165) is 27.9 Å². The number of carbonyl (C=O) groups is 1. The molecule has 0 bridgehead atoms. The molecule has 8 heteroatoms. The van der Waals surface area contributed by atoms with Crippen molar-refractivity contribution in [1.82, 2.24) is 19.7 Å². The van der Waals surface area contributed by atoms with Crippen LogP contribution in [0.15, 0.2) is 60.0 Å². The molecule has 0 fully saturated rings. The van der Waals surface area contributed by atoms with Crippen molar-refractivity contribution in [3.63, 3.8) is 0 Å². The predicted octanol–water partition coefficient (Wildman–Crippen LogP) is 4.82. The third-order valence-electron chi connectivity index (χ3n) is 4.38. The normalized spacial score (nSPS) is 11.0. The SMILES string of the molecule is Cc1ccc(NC(=O)CSc2ncnc3c2cnn3-c2cccc(Cl)c2)c(C)c1. The molecule has 4 aromatic rings. The van der Waals surface area contributed by atoms with Crippen LogP contribution in [-0.4, -0.2) is 31.4 Å². The average molecular weight is 424 g/mol. The van der Waals surface area contributed by atoms with Gasteiger partial charge in [0.15, 0.2) is 5.65 Å². The van der Waals surface area contributed by atoms with Gasteiger partial charge in [0.05, 0.1) is 23.0 Å². The standard InChI is InChI=1S/C21H18ClN5OS/c1-13-6-7-18(14(2)8-13)26-19(28)11-29-21-17-10-25-27(20(17)23-12-24-21)16-5-3-4-15(22)9-16/h3-10,12H,11H2,1-2H3,(H,26,28). The van der Waals surface area contributed by atoms with Gasteiger partial charge in [-0.2, -0.15) is 5.10 Å². The average Bonchev–Trinajstić information content (AvgIpc) is 3.13. The molecule has 0 unspecified atom stereocenters. The summed E-state index contributed by atoms with van der Waals surface area (Å²) in [5.41, 5.74) is 4.50. The quantitative estimate of drug-likeness (QED) is 0.368. The Morgan fingerprint density at radius 2 is 2.03 bits per heavy atom. The third kappa shape index (κ3) is 4.26. The van der Waals surface area contributed by atoms with Crippen LogP contribution in [0.3, 0.4) is 0 Å². The number of nitrogens with zero attached hydrogens (tertiary/aromatic N) is 4. The summed E-state index contributed by atoms with van der Waals surface area (Å²) >= 11 is 7.45. The van der Waals surface area contributed by atoms with E-state index in [9.17, 15) is 4.79 Å². The molecule has 0 atom stereocenters. The van der Waals surface area contributed by atoms with Gasteiger partial charge in [-0.15, -0.1) is 0 Å². The molecule has 1 N–H and O–H groups in total. The molecule has 0 saturated heterocycles.